The quantitative estimate of drug-likeness (QED) is 0.225. The average Bonchev–Trinajstić information content (AvgIpc) is 2.92. The zero-order valence-electron chi connectivity index (χ0n) is 21.9. The van der Waals surface area contributed by atoms with Gasteiger partial charge in [0.1, 0.15) is 11.8 Å². The first kappa shape index (κ1) is 29.1. The van der Waals surface area contributed by atoms with Crippen molar-refractivity contribution in [3.63, 3.8) is 0 Å². The van der Waals surface area contributed by atoms with Crippen molar-refractivity contribution >= 4 is 35.1 Å². The van der Waals surface area contributed by atoms with Crippen LogP contribution >= 0.6 is 12.2 Å². The van der Waals surface area contributed by atoms with Gasteiger partial charge in [-0.25, -0.2) is 0 Å². The molecule has 1 saturated heterocycles. The maximum absolute atomic E-state index is 12.8. The Morgan fingerprint density at radius 3 is 2.50 bits per heavy atom. The number of hydrogen-bond donors (Lipinski definition) is 2. The van der Waals surface area contributed by atoms with E-state index >= 15 is 0 Å². The lowest BCUT2D eigenvalue weighted by molar-refractivity contribution is -0.147. The third kappa shape index (κ3) is 9.45. The van der Waals surface area contributed by atoms with Crippen LogP contribution in [0.25, 0.3) is 0 Å². The molecule has 1 atom stereocenters. The maximum atomic E-state index is 12.8. The van der Waals surface area contributed by atoms with E-state index in [9.17, 15) is 14.4 Å². The van der Waals surface area contributed by atoms with Gasteiger partial charge in [0.05, 0.1) is 19.6 Å². The highest BCUT2D eigenvalue weighted by Crippen LogP contribution is 2.15. The summed E-state index contributed by atoms with van der Waals surface area (Å²) in [5.74, 6) is -0.512. The normalized spacial score (nSPS) is 14.9. The molecule has 0 saturated carbocycles. The summed E-state index contributed by atoms with van der Waals surface area (Å²) in [5.41, 5.74) is 1.48. The zero-order valence-corrected chi connectivity index (χ0v) is 22.8. The first-order valence-corrected chi connectivity index (χ1v) is 13.7. The molecule has 1 aliphatic heterocycles. The predicted molar refractivity (Wildman–Crippen MR) is 150 cm³/mol. The fraction of sp³-hybridized carbons (Fsp3) is 0.448. The number of carbonyl (C=O) groups excluding carboxylic acids is 3. The number of esters is 1. The van der Waals surface area contributed by atoms with Crippen LogP contribution < -0.4 is 15.4 Å². The number of nitrogens with one attached hydrogen (secondary N) is 2. The molecule has 0 spiro atoms. The van der Waals surface area contributed by atoms with Gasteiger partial charge < -0.3 is 19.7 Å². The molecule has 1 heterocycles. The van der Waals surface area contributed by atoms with E-state index in [1.807, 2.05) is 30.3 Å². The van der Waals surface area contributed by atoms with Crippen LogP contribution in [-0.4, -0.2) is 60.1 Å². The van der Waals surface area contributed by atoms with Crippen LogP contribution in [0.3, 0.4) is 0 Å². The van der Waals surface area contributed by atoms with E-state index in [2.05, 4.69) is 17.6 Å². The van der Waals surface area contributed by atoms with E-state index in [1.54, 1.807) is 29.2 Å². The SMILES string of the molecule is CCCCCCCOc1ccc(C(=O)NC(=S)N2CCNC(=O)C2CC(=O)OCCc2ccccc2)cc1. The standard InChI is InChI=1S/C29H37N3O5S/c1-2-3-4-5-9-19-36-24-14-12-23(13-15-24)27(34)31-29(38)32-18-17-30-28(35)25(32)21-26(33)37-20-16-22-10-7-6-8-11-22/h6-8,10-15,25H,2-5,9,16-21H2,1H3,(H,30,35)(H,31,34,38). The molecule has 9 heteroatoms. The number of thiocarbonyl (C=S) groups is 1. The minimum atomic E-state index is -0.853. The molecule has 204 valence electrons. The van der Waals surface area contributed by atoms with Gasteiger partial charge >= 0.3 is 5.97 Å². The molecule has 1 unspecified atom stereocenters. The summed E-state index contributed by atoms with van der Waals surface area (Å²) in [5, 5.41) is 5.54. The Kier molecular flexibility index (Phi) is 12.0. The van der Waals surface area contributed by atoms with Gasteiger partial charge in [-0.2, -0.15) is 0 Å². The molecule has 0 radical (unpaired) electrons. The number of unbranched alkanes of at least 4 members (excludes halogenated alkanes) is 4. The van der Waals surface area contributed by atoms with E-state index in [1.165, 1.54) is 19.3 Å². The Morgan fingerprint density at radius 1 is 1.03 bits per heavy atom. The summed E-state index contributed by atoms with van der Waals surface area (Å²) in [6, 6.07) is 15.7. The molecule has 2 amide bonds. The van der Waals surface area contributed by atoms with Crippen molar-refractivity contribution in [1.29, 1.82) is 0 Å². The number of ether oxygens (including phenoxy) is 2. The Balaban J connectivity index is 1.47. The van der Waals surface area contributed by atoms with Gasteiger partial charge in [0.2, 0.25) is 5.91 Å². The number of nitrogens with zero attached hydrogens (tertiary/aromatic N) is 1. The molecule has 38 heavy (non-hydrogen) atoms. The van der Waals surface area contributed by atoms with Crippen molar-refractivity contribution in [2.45, 2.75) is 57.9 Å². The zero-order chi connectivity index (χ0) is 27.2. The van der Waals surface area contributed by atoms with Gasteiger partial charge in [-0.1, -0.05) is 62.9 Å². The Labute approximate surface area is 230 Å². The van der Waals surface area contributed by atoms with Gasteiger partial charge in [0, 0.05) is 25.1 Å². The van der Waals surface area contributed by atoms with Gasteiger partial charge in [-0.15, -0.1) is 0 Å². The molecule has 1 fully saturated rings. The van der Waals surface area contributed by atoms with Crippen LogP contribution in [-0.2, 0) is 20.7 Å². The van der Waals surface area contributed by atoms with Gasteiger partial charge in [0.25, 0.3) is 5.91 Å². The van der Waals surface area contributed by atoms with Crippen molar-refractivity contribution in [2.75, 3.05) is 26.3 Å². The molecule has 0 bridgehead atoms. The van der Waals surface area contributed by atoms with E-state index in [0.29, 0.717) is 37.4 Å². The number of rotatable bonds is 13. The predicted octanol–water partition coefficient (Wildman–Crippen LogP) is 4.03. The fourth-order valence-electron chi connectivity index (χ4n) is 4.14. The minimum absolute atomic E-state index is 0.0966. The molecule has 0 aromatic heterocycles. The molecule has 8 nitrogen and oxygen atoms in total. The summed E-state index contributed by atoms with van der Waals surface area (Å²) < 4.78 is 11.1. The molecule has 2 N–H and O–H groups in total. The summed E-state index contributed by atoms with van der Waals surface area (Å²) in [6.07, 6.45) is 6.24. The monoisotopic (exact) mass is 539 g/mol. The number of piperazine rings is 1. The molecular weight excluding hydrogens is 502 g/mol. The molecule has 2 aromatic carbocycles. The molecule has 0 aliphatic carbocycles. The van der Waals surface area contributed by atoms with E-state index in [-0.39, 0.29) is 24.0 Å². The maximum Gasteiger partial charge on any atom is 0.308 e. The average molecular weight is 540 g/mol. The van der Waals surface area contributed by atoms with Gasteiger partial charge in [0.15, 0.2) is 5.11 Å². The second kappa shape index (κ2) is 15.7. The minimum Gasteiger partial charge on any atom is -0.494 e. The number of hydrogen-bond acceptors (Lipinski definition) is 6. The fourth-order valence-corrected chi connectivity index (χ4v) is 4.46. The molecular formula is C29H37N3O5S. The third-order valence-corrected chi connectivity index (χ3v) is 6.64. The highest BCUT2D eigenvalue weighted by atomic mass is 32.1. The van der Waals surface area contributed by atoms with E-state index in [4.69, 9.17) is 21.7 Å². The smallest absolute Gasteiger partial charge is 0.308 e. The van der Waals surface area contributed by atoms with Gasteiger partial charge in [-0.05, 0) is 48.5 Å². The van der Waals surface area contributed by atoms with Crippen molar-refractivity contribution in [3.8, 4) is 5.75 Å². The van der Waals surface area contributed by atoms with Crippen LogP contribution in [0.5, 0.6) is 5.75 Å². The Bertz CT molecular complexity index is 1060. The first-order chi connectivity index (χ1) is 18.5. The first-order valence-electron chi connectivity index (χ1n) is 13.3. The highest BCUT2D eigenvalue weighted by molar-refractivity contribution is 7.80. The van der Waals surface area contributed by atoms with Crippen LogP contribution in [0.15, 0.2) is 54.6 Å². The van der Waals surface area contributed by atoms with Crippen molar-refractivity contribution < 1.29 is 23.9 Å². The van der Waals surface area contributed by atoms with Crippen LogP contribution in [0.2, 0.25) is 0 Å². The van der Waals surface area contributed by atoms with Crippen molar-refractivity contribution in [2.24, 2.45) is 0 Å². The highest BCUT2D eigenvalue weighted by Gasteiger charge is 2.34. The number of amides is 2. The van der Waals surface area contributed by atoms with Gasteiger partial charge in [-0.3, -0.25) is 19.7 Å². The number of carbonyl (C=O) groups is 3. The second-order valence-electron chi connectivity index (χ2n) is 9.21. The van der Waals surface area contributed by atoms with Crippen molar-refractivity contribution in [3.05, 3.63) is 65.7 Å². The second-order valence-corrected chi connectivity index (χ2v) is 9.59. The Hall–Kier alpha value is -3.46. The van der Waals surface area contributed by atoms with Crippen LogP contribution in [0.4, 0.5) is 0 Å². The topological polar surface area (TPSA) is 97.0 Å². The lowest BCUT2D eigenvalue weighted by Crippen LogP contribution is -2.60. The summed E-state index contributed by atoms with van der Waals surface area (Å²) in [4.78, 5) is 39.4. The molecule has 1 aliphatic rings. The summed E-state index contributed by atoms with van der Waals surface area (Å²) in [7, 11) is 0. The van der Waals surface area contributed by atoms with Crippen LogP contribution in [0.1, 0.15) is 61.4 Å². The molecule has 2 aromatic rings. The Morgan fingerprint density at radius 2 is 1.76 bits per heavy atom. The lowest BCUT2D eigenvalue weighted by atomic mass is 10.1. The van der Waals surface area contributed by atoms with E-state index in [0.717, 1.165) is 18.4 Å². The number of benzene rings is 2. The van der Waals surface area contributed by atoms with Crippen molar-refractivity contribution in [1.82, 2.24) is 15.5 Å². The summed E-state index contributed by atoms with van der Waals surface area (Å²) in [6.45, 7) is 3.79. The lowest BCUT2D eigenvalue weighted by Gasteiger charge is -2.36. The van der Waals surface area contributed by atoms with E-state index < -0.39 is 17.9 Å². The summed E-state index contributed by atoms with van der Waals surface area (Å²) >= 11 is 5.45. The largest absolute Gasteiger partial charge is 0.494 e. The third-order valence-electron chi connectivity index (χ3n) is 6.30. The molecule has 3 rings (SSSR count). The van der Waals surface area contributed by atoms with Crippen LogP contribution in [0, 0.1) is 0 Å².